The molecule has 3 heterocycles. The zero-order valence-corrected chi connectivity index (χ0v) is 13.8. The molecular weight excluding hydrogens is 312 g/mol. The second-order valence-corrected chi connectivity index (χ2v) is 6.93. The minimum atomic E-state index is 0.258. The Balaban J connectivity index is 1.38. The van der Waals surface area contributed by atoms with E-state index in [0.29, 0.717) is 12.7 Å². The van der Waals surface area contributed by atoms with Gasteiger partial charge in [-0.05, 0) is 24.6 Å². The van der Waals surface area contributed by atoms with Gasteiger partial charge in [0.25, 0.3) is 0 Å². The first-order valence-corrected chi connectivity index (χ1v) is 8.67. The van der Waals surface area contributed by atoms with E-state index in [4.69, 9.17) is 9.47 Å². The first kappa shape index (κ1) is 14.9. The largest absolute Gasteiger partial charge is 0.454 e. The molecule has 2 unspecified atom stereocenters. The molecule has 2 aliphatic rings. The number of nitrogens with one attached hydrogen (secondary N) is 3. The lowest BCUT2D eigenvalue weighted by atomic mass is 9.94. The molecular formula is C16H20N4O2S. The Morgan fingerprint density at radius 1 is 1.35 bits per heavy atom. The number of benzene rings is 1. The number of ether oxygens (including phenoxy) is 2. The van der Waals surface area contributed by atoms with Crippen LogP contribution in [0, 0.1) is 12.8 Å². The number of aromatic nitrogens is 1. The van der Waals surface area contributed by atoms with Crippen LogP contribution in [0.15, 0.2) is 23.6 Å². The van der Waals surface area contributed by atoms with E-state index in [0.717, 1.165) is 41.8 Å². The predicted molar refractivity (Wildman–Crippen MR) is 88.5 cm³/mol. The summed E-state index contributed by atoms with van der Waals surface area (Å²) in [4.78, 5) is 4.49. The molecule has 6 nitrogen and oxygen atoms in total. The van der Waals surface area contributed by atoms with Crippen molar-refractivity contribution < 1.29 is 9.47 Å². The number of rotatable bonds is 5. The molecule has 1 saturated heterocycles. The molecule has 7 heteroatoms. The van der Waals surface area contributed by atoms with Crippen molar-refractivity contribution in [1.82, 2.24) is 21.2 Å². The average molecular weight is 332 g/mol. The Kier molecular flexibility index (Phi) is 4.17. The third-order valence-electron chi connectivity index (χ3n) is 4.23. The fourth-order valence-electron chi connectivity index (χ4n) is 3.06. The highest BCUT2D eigenvalue weighted by molar-refractivity contribution is 7.09. The van der Waals surface area contributed by atoms with Gasteiger partial charge < -0.3 is 14.8 Å². The maximum atomic E-state index is 5.48. The number of fused-ring (bicyclic) bond motifs is 1. The predicted octanol–water partition coefficient (Wildman–Crippen LogP) is 1.74. The zero-order valence-electron chi connectivity index (χ0n) is 13.0. The van der Waals surface area contributed by atoms with Gasteiger partial charge in [-0.3, -0.25) is 5.43 Å². The lowest BCUT2D eigenvalue weighted by Gasteiger charge is -2.19. The van der Waals surface area contributed by atoms with Crippen LogP contribution in [0.1, 0.15) is 22.3 Å². The number of aryl methyl sites for hydroxylation is 1. The Labute approximate surface area is 139 Å². The summed E-state index contributed by atoms with van der Waals surface area (Å²) in [7, 11) is 0. The third kappa shape index (κ3) is 3.18. The molecule has 4 rings (SSSR count). The van der Waals surface area contributed by atoms with Crippen molar-refractivity contribution in [1.29, 1.82) is 0 Å². The van der Waals surface area contributed by atoms with Crippen LogP contribution >= 0.6 is 11.3 Å². The standard InChI is InChI=1S/C16H20N4O2S/c1-10-19-13(8-23-10)7-17-5-12-6-18-20-16(12)11-2-3-14-15(4-11)22-9-21-14/h2-4,8,12,16-18,20H,5-7,9H2,1H3. The molecule has 0 spiro atoms. The molecule has 2 aliphatic heterocycles. The Morgan fingerprint density at radius 2 is 2.26 bits per heavy atom. The number of hydrogen-bond donors (Lipinski definition) is 3. The lowest BCUT2D eigenvalue weighted by Crippen LogP contribution is -2.28. The molecule has 122 valence electrons. The van der Waals surface area contributed by atoms with Crippen LogP contribution in [0.5, 0.6) is 11.5 Å². The SMILES string of the molecule is Cc1nc(CNCC2CNNC2c2ccc3c(c2)OCO3)cs1. The van der Waals surface area contributed by atoms with Crippen molar-refractivity contribution in [2.45, 2.75) is 19.5 Å². The van der Waals surface area contributed by atoms with E-state index >= 15 is 0 Å². The molecule has 3 N–H and O–H groups in total. The molecule has 2 atom stereocenters. The van der Waals surface area contributed by atoms with Crippen LogP contribution in [-0.4, -0.2) is 24.9 Å². The van der Waals surface area contributed by atoms with Gasteiger partial charge in [-0.15, -0.1) is 11.3 Å². The summed E-state index contributed by atoms with van der Waals surface area (Å²) in [5.41, 5.74) is 8.97. The van der Waals surface area contributed by atoms with Crippen LogP contribution in [0.25, 0.3) is 0 Å². The van der Waals surface area contributed by atoms with E-state index in [-0.39, 0.29) is 6.04 Å². The van der Waals surface area contributed by atoms with Crippen molar-refractivity contribution >= 4 is 11.3 Å². The lowest BCUT2D eigenvalue weighted by molar-refractivity contribution is 0.174. The highest BCUT2D eigenvalue weighted by Gasteiger charge is 2.29. The second-order valence-electron chi connectivity index (χ2n) is 5.86. The van der Waals surface area contributed by atoms with Crippen molar-refractivity contribution in [3.8, 4) is 11.5 Å². The van der Waals surface area contributed by atoms with E-state index < -0.39 is 0 Å². The van der Waals surface area contributed by atoms with Gasteiger partial charge in [-0.2, -0.15) is 0 Å². The Hall–Kier alpha value is -1.67. The number of hydrogen-bond acceptors (Lipinski definition) is 7. The minimum absolute atomic E-state index is 0.258. The number of thiazole rings is 1. The smallest absolute Gasteiger partial charge is 0.231 e. The van der Waals surface area contributed by atoms with E-state index in [1.807, 2.05) is 13.0 Å². The Bertz CT molecular complexity index is 690. The van der Waals surface area contributed by atoms with Gasteiger partial charge in [0.15, 0.2) is 11.5 Å². The summed E-state index contributed by atoms with van der Waals surface area (Å²) < 4.78 is 10.9. The van der Waals surface area contributed by atoms with Gasteiger partial charge in [0, 0.05) is 30.9 Å². The summed E-state index contributed by atoms with van der Waals surface area (Å²) in [5, 5.41) is 6.75. The zero-order chi connectivity index (χ0) is 15.6. The molecule has 0 saturated carbocycles. The van der Waals surface area contributed by atoms with Crippen LogP contribution in [0.4, 0.5) is 0 Å². The van der Waals surface area contributed by atoms with Crippen LogP contribution in [0.3, 0.4) is 0 Å². The molecule has 0 bridgehead atoms. The number of nitrogens with zero attached hydrogens (tertiary/aromatic N) is 1. The van der Waals surface area contributed by atoms with Crippen molar-refractivity contribution in [3.05, 3.63) is 39.8 Å². The highest BCUT2D eigenvalue weighted by Crippen LogP contribution is 2.36. The Morgan fingerprint density at radius 3 is 3.13 bits per heavy atom. The summed E-state index contributed by atoms with van der Waals surface area (Å²) in [6.07, 6.45) is 0. The van der Waals surface area contributed by atoms with E-state index in [1.54, 1.807) is 11.3 Å². The second kappa shape index (κ2) is 6.45. The molecule has 0 radical (unpaired) electrons. The summed E-state index contributed by atoms with van der Waals surface area (Å²) in [5.74, 6) is 2.13. The van der Waals surface area contributed by atoms with Crippen molar-refractivity contribution in [2.75, 3.05) is 19.9 Å². The van der Waals surface area contributed by atoms with Crippen LogP contribution in [0.2, 0.25) is 0 Å². The molecule has 1 aromatic carbocycles. The summed E-state index contributed by atoms with van der Waals surface area (Å²) >= 11 is 1.69. The maximum Gasteiger partial charge on any atom is 0.231 e. The van der Waals surface area contributed by atoms with Gasteiger partial charge in [0.05, 0.1) is 16.7 Å². The van der Waals surface area contributed by atoms with Crippen molar-refractivity contribution in [3.63, 3.8) is 0 Å². The third-order valence-corrected chi connectivity index (χ3v) is 5.05. The van der Waals surface area contributed by atoms with Gasteiger partial charge >= 0.3 is 0 Å². The van der Waals surface area contributed by atoms with E-state index in [9.17, 15) is 0 Å². The molecule has 0 amide bonds. The van der Waals surface area contributed by atoms with Crippen molar-refractivity contribution in [2.24, 2.45) is 5.92 Å². The monoisotopic (exact) mass is 332 g/mol. The van der Waals surface area contributed by atoms with Crippen LogP contribution < -0.4 is 25.6 Å². The molecule has 0 aliphatic carbocycles. The van der Waals surface area contributed by atoms with E-state index in [1.165, 1.54) is 5.56 Å². The summed E-state index contributed by atoms with van der Waals surface area (Å²) in [6, 6.07) is 6.42. The van der Waals surface area contributed by atoms with Gasteiger partial charge in [-0.25, -0.2) is 10.4 Å². The fourth-order valence-corrected chi connectivity index (χ4v) is 3.68. The van der Waals surface area contributed by atoms with Gasteiger partial charge in [0.2, 0.25) is 6.79 Å². The first-order chi connectivity index (χ1) is 11.3. The maximum absolute atomic E-state index is 5.48. The molecule has 1 aromatic heterocycles. The number of hydrazine groups is 1. The fraction of sp³-hybridized carbons (Fsp3) is 0.438. The van der Waals surface area contributed by atoms with E-state index in [2.05, 4.69) is 38.7 Å². The average Bonchev–Trinajstić information content (AvgIpc) is 3.27. The normalized spacial score (nSPS) is 22.7. The highest BCUT2D eigenvalue weighted by atomic mass is 32.1. The minimum Gasteiger partial charge on any atom is -0.454 e. The first-order valence-electron chi connectivity index (χ1n) is 7.79. The topological polar surface area (TPSA) is 67.4 Å². The van der Waals surface area contributed by atoms with Crippen LogP contribution in [-0.2, 0) is 6.54 Å². The summed E-state index contributed by atoms with van der Waals surface area (Å²) in [6.45, 7) is 5.02. The molecule has 2 aromatic rings. The molecule has 1 fully saturated rings. The quantitative estimate of drug-likeness (QED) is 0.775. The molecule has 23 heavy (non-hydrogen) atoms. The van der Waals surface area contributed by atoms with Gasteiger partial charge in [0.1, 0.15) is 0 Å². The van der Waals surface area contributed by atoms with Gasteiger partial charge in [-0.1, -0.05) is 6.07 Å².